The lowest BCUT2D eigenvalue weighted by Gasteiger charge is -2.10. The standard InChI is InChI=1S/C19H19ClN4O3S/c1-24-18(12-4-6-13(20)7-5-12)22-23-19(24)28-11-17(25)21-14-8-9-15(26-2)16(10-14)27-3/h4-10H,11H2,1-3H3,(H,21,25). The van der Waals surface area contributed by atoms with E-state index in [1.54, 1.807) is 44.6 Å². The topological polar surface area (TPSA) is 78.3 Å². The van der Waals surface area contributed by atoms with Gasteiger partial charge in [-0.25, -0.2) is 0 Å². The zero-order valence-electron chi connectivity index (χ0n) is 15.6. The lowest BCUT2D eigenvalue weighted by atomic mass is 10.2. The first-order valence-electron chi connectivity index (χ1n) is 8.32. The smallest absolute Gasteiger partial charge is 0.234 e. The van der Waals surface area contributed by atoms with Crippen molar-refractivity contribution in [2.45, 2.75) is 5.16 Å². The Morgan fingerprint density at radius 2 is 1.82 bits per heavy atom. The van der Waals surface area contributed by atoms with Crippen LogP contribution >= 0.6 is 23.4 Å². The van der Waals surface area contributed by atoms with Gasteiger partial charge in [-0.1, -0.05) is 23.4 Å². The lowest BCUT2D eigenvalue weighted by Crippen LogP contribution is -2.14. The monoisotopic (exact) mass is 418 g/mol. The minimum absolute atomic E-state index is 0.159. The van der Waals surface area contributed by atoms with Crippen molar-refractivity contribution in [2.75, 3.05) is 25.3 Å². The number of carbonyl (C=O) groups is 1. The predicted molar refractivity (Wildman–Crippen MR) is 110 cm³/mol. The highest BCUT2D eigenvalue weighted by Crippen LogP contribution is 2.30. The van der Waals surface area contributed by atoms with Gasteiger partial charge >= 0.3 is 0 Å². The number of nitrogens with zero attached hydrogens (tertiary/aromatic N) is 3. The molecule has 0 saturated heterocycles. The number of anilines is 1. The molecule has 0 bridgehead atoms. The molecule has 0 radical (unpaired) electrons. The number of ether oxygens (including phenoxy) is 2. The van der Waals surface area contributed by atoms with Crippen molar-refractivity contribution in [3.05, 3.63) is 47.5 Å². The minimum Gasteiger partial charge on any atom is -0.493 e. The van der Waals surface area contributed by atoms with Gasteiger partial charge in [0, 0.05) is 29.4 Å². The van der Waals surface area contributed by atoms with E-state index in [0.717, 1.165) is 5.56 Å². The normalized spacial score (nSPS) is 10.6. The van der Waals surface area contributed by atoms with Crippen molar-refractivity contribution in [3.8, 4) is 22.9 Å². The van der Waals surface area contributed by atoms with Crippen LogP contribution in [0.15, 0.2) is 47.6 Å². The van der Waals surface area contributed by atoms with Crippen LogP contribution in [0.4, 0.5) is 5.69 Å². The van der Waals surface area contributed by atoms with Gasteiger partial charge in [0.25, 0.3) is 0 Å². The van der Waals surface area contributed by atoms with Gasteiger partial charge in [-0.15, -0.1) is 10.2 Å². The maximum atomic E-state index is 12.3. The highest BCUT2D eigenvalue weighted by molar-refractivity contribution is 7.99. The largest absolute Gasteiger partial charge is 0.493 e. The predicted octanol–water partition coefficient (Wildman–Crippen LogP) is 3.88. The van der Waals surface area contributed by atoms with E-state index in [4.69, 9.17) is 21.1 Å². The molecule has 28 heavy (non-hydrogen) atoms. The average molecular weight is 419 g/mol. The Balaban J connectivity index is 1.63. The van der Waals surface area contributed by atoms with Crippen molar-refractivity contribution in [1.29, 1.82) is 0 Å². The molecule has 0 aliphatic carbocycles. The molecular formula is C19H19ClN4O3S. The second-order valence-electron chi connectivity index (χ2n) is 5.78. The van der Waals surface area contributed by atoms with Crippen molar-refractivity contribution in [2.24, 2.45) is 7.05 Å². The fourth-order valence-corrected chi connectivity index (χ4v) is 3.37. The number of thioether (sulfide) groups is 1. The van der Waals surface area contributed by atoms with E-state index in [9.17, 15) is 4.79 Å². The molecule has 3 aromatic rings. The summed E-state index contributed by atoms with van der Waals surface area (Å²) >= 11 is 7.23. The molecule has 1 heterocycles. The average Bonchev–Trinajstić information content (AvgIpc) is 3.07. The van der Waals surface area contributed by atoms with Crippen molar-refractivity contribution >= 4 is 35.0 Å². The summed E-state index contributed by atoms with van der Waals surface area (Å²) in [6.07, 6.45) is 0. The Morgan fingerprint density at radius 1 is 1.11 bits per heavy atom. The highest BCUT2D eigenvalue weighted by Gasteiger charge is 2.13. The number of rotatable bonds is 7. The molecule has 146 valence electrons. The van der Waals surface area contributed by atoms with E-state index in [0.29, 0.717) is 33.2 Å². The Bertz CT molecular complexity index is 976. The molecule has 0 atom stereocenters. The van der Waals surface area contributed by atoms with Crippen molar-refractivity contribution < 1.29 is 14.3 Å². The van der Waals surface area contributed by atoms with E-state index in [1.807, 2.05) is 23.7 Å². The van der Waals surface area contributed by atoms with Gasteiger partial charge in [0.2, 0.25) is 5.91 Å². The molecule has 2 aromatic carbocycles. The highest BCUT2D eigenvalue weighted by atomic mass is 35.5. The van der Waals surface area contributed by atoms with Crippen molar-refractivity contribution in [3.63, 3.8) is 0 Å². The van der Waals surface area contributed by atoms with Crippen LogP contribution in [0.3, 0.4) is 0 Å². The fourth-order valence-electron chi connectivity index (χ4n) is 2.53. The zero-order chi connectivity index (χ0) is 20.1. The zero-order valence-corrected chi connectivity index (χ0v) is 17.2. The quantitative estimate of drug-likeness (QED) is 0.586. The summed E-state index contributed by atoms with van der Waals surface area (Å²) in [4.78, 5) is 12.3. The first-order valence-corrected chi connectivity index (χ1v) is 9.68. The third-order valence-corrected chi connectivity index (χ3v) is 5.21. The molecule has 0 spiro atoms. The van der Waals surface area contributed by atoms with E-state index < -0.39 is 0 Å². The molecule has 1 N–H and O–H groups in total. The summed E-state index contributed by atoms with van der Waals surface area (Å²) in [5, 5.41) is 12.5. The Morgan fingerprint density at radius 3 is 2.50 bits per heavy atom. The number of amides is 1. The summed E-state index contributed by atoms with van der Waals surface area (Å²) in [6.45, 7) is 0. The first-order chi connectivity index (χ1) is 13.5. The maximum Gasteiger partial charge on any atom is 0.234 e. The van der Waals surface area contributed by atoms with Crippen LogP contribution in [-0.4, -0.2) is 40.6 Å². The fraction of sp³-hybridized carbons (Fsp3) is 0.211. The lowest BCUT2D eigenvalue weighted by molar-refractivity contribution is -0.113. The van der Waals surface area contributed by atoms with Gasteiger partial charge in [-0.2, -0.15) is 0 Å². The summed E-state index contributed by atoms with van der Waals surface area (Å²) in [5.74, 6) is 1.89. The van der Waals surface area contributed by atoms with Crippen LogP contribution < -0.4 is 14.8 Å². The Labute approximate surface area is 172 Å². The molecule has 3 rings (SSSR count). The van der Waals surface area contributed by atoms with Crippen LogP contribution in [0.25, 0.3) is 11.4 Å². The van der Waals surface area contributed by atoms with E-state index in [2.05, 4.69) is 15.5 Å². The SMILES string of the molecule is COc1ccc(NC(=O)CSc2nnc(-c3ccc(Cl)cc3)n2C)cc1OC. The molecule has 1 amide bonds. The molecule has 0 unspecified atom stereocenters. The van der Waals surface area contributed by atoms with Crippen LogP contribution in [-0.2, 0) is 11.8 Å². The number of methoxy groups -OCH3 is 2. The Kier molecular flexibility index (Phi) is 6.43. The molecule has 7 nitrogen and oxygen atoms in total. The number of aromatic nitrogens is 3. The van der Waals surface area contributed by atoms with Gasteiger partial charge in [-0.3, -0.25) is 4.79 Å². The summed E-state index contributed by atoms with van der Waals surface area (Å²) < 4.78 is 12.3. The van der Waals surface area contributed by atoms with E-state index in [-0.39, 0.29) is 11.7 Å². The molecule has 0 aliphatic rings. The number of nitrogens with one attached hydrogen (secondary N) is 1. The maximum absolute atomic E-state index is 12.3. The number of benzene rings is 2. The molecule has 0 fully saturated rings. The molecule has 0 saturated carbocycles. The summed E-state index contributed by atoms with van der Waals surface area (Å²) in [7, 11) is 4.97. The number of hydrogen-bond donors (Lipinski definition) is 1. The summed E-state index contributed by atoms with van der Waals surface area (Å²) in [6, 6.07) is 12.6. The third-order valence-electron chi connectivity index (χ3n) is 3.94. The number of halogens is 1. The third kappa shape index (κ3) is 4.58. The minimum atomic E-state index is -0.159. The Hall–Kier alpha value is -2.71. The second-order valence-corrected chi connectivity index (χ2v) is 7.16. The van der Waals surface area contributed by atoms with Crippen molar-refractivity contribution in [1.82, 2.24) is 14.8 Å². The van der Waals surface area contributed by atoms with Crippen LogP contribution in [0.1, 0.15) is 0 Å². The number of carbonyl (C=O) groups excluding carboxylic acids is 1. The van der Waals surface area contributed by atoms with Crippen LogP contribution in [0, 0.1) is 0 Å². The van der Waals surface area contributed by atoms with Gasteiger partial charge in [-0.05, 0) is 36.4 Å². The van der Waals surface area contributed by atoms with Crippen LogP contribution in [0.5, 0.6) is 11.5 Å². The van der Waals surface area contributed by atoms with Gasteiger partial charge in [0.15, 0.2) is 22.5 Å². The van der Waals surface area contributed by atoms with Gasteiger partial charge in [0.05, 0.1) is 20.0 Å². The molecule has 0 aliphatic heterocycles. The molecular weight excluding hydrogens is 400 g/mol. The molecule has 9 heteroatoms. The first kappa shape index (κ1) is 20.0. The van der Waals surface area contributed by atoms with Gasteiger partial charge < -0.3 is 19.4 Å². The summed E-state index contributed by atoms with van der Waals surface area (Å²) in [5.41, 5.74) is 1.53. The second kappa shape index (κ2) is 8.99. The van der Waals surface area contributed by atoms with E-state index >= 15 is 0 Å². The van der Waals surface area contributed by atoms with E-state index in [1.165, 1.54) is 11.8 Å². The molecule has 1 aromatic heterocycles. The van der Waals surface area contributed by atoms with Gasteiger partial charge in [0.1, 0.15) is 0 Å². The number of hydrogen-bond acceptors (Lipinski definition) is 6. The van der Waals surface area contributed by atoms with Crippen LogP contribution in [0.2, 0.25) is 5.02 Å².